The number of nitrogens with one attached hydrogen (secondary N) is 1. The van der Waals surface area contributed by atoms with Gasteiger partial charge in [0.2, 0.25) is 0 Å². The summed E-state index contributed by atoms with van der Waals surface area (Å²) in [5.41, 5.74) is 3.32. The van der Waals surface area contributed by atoms with Gasteiger partial charge < -0.3 is 14.7 Å². The van der Waals surface area contributed by atoms with Gasteiger partial charge in [-0.15, -0.1) is 0 Å². The van der Waals surface area contributed by atoms with Gasteiger partial charge in [-0.25, -0.2) is 14.8 Å². The molecule has 0 bridgehead atoms. The number of aryl methyl sites for hydroxylation is 2. The second kappa shape index (κ2) is 7.80. The molecule has 2 amide bonds. The number of aromatic nitrogens is 3. The van der Waals surface area contributed by atoms with E-state index in [0.717, 1.165) is 47.7 Å². The normalized spacial score (nSPS) is 16.8. The molecule has 1 unspecified atom stereocenters. The van der Waals surface area contributed by atoms with Gasteiger partial charge in [0.25, 0.3) is 0 Å². The number of hydrogen-bond acceptors (Lipinski definition) is 5. The molecule has 1 saturated heterocycles. The number of carbonyl (C=O) groups is 1. The molecule has 28 heavy (non-hydrogen) atoms. The molecule has 2 aromatic heterocycles. The lowest BCUT2D eigenvalue weighted by Gasteiger charge is -2.34. The molecule has 7 nitrogen and oxygen atoms in total. The summed E-state index contributed by atoms with van der Waals surface area (Å²) in [7, 11) is 0. The second-order valence-corrected chi connectivity index (χ2v) is 7.07. The highest BCUT2D eigenvalue weighted by atomic mass is 16.5. The minimum Gasteiger partial charge on any atom is -0.361 e. The summed E-state index contributed by atoms with van der Waals surface area (Å²) >= 11 is 0. The van der Waals surface area contributed by atoms with Crippen molar-refractivity contribution in [2.75, 3.05) is 11.9 Å². The van der Waals surface area contributed by atoms with Crippen molar-refractivity contribution < 1.29 is 9.32 Å². The Balaban J connectivity index is 1.53. The van der Waals surface area contributed by atoms with Gasteiger partial charge in [-0.05, 0) is 51.3 Å². The summed E-state index contributed by atoms with van der Waals surface area (Å²) in [4.78, 5) is 23.4. The molecule has 0 radical (unpaired) electrons. The van der Waals surface area contributed by atoms with Crippen LogP contribution in [0.1, 0.15) is 42.6 Å². The highest BCUT2D eigenvalue weighted by Gasteiger charge is 2.30. The Kier molecular flexibility index (Phi) is 5.06. The van der Waals surface area contributed by atoms with E-state index in [1.165, 1.54) is 0 Å². The van der Waals surface area contributed by atoms with Crippen molar-refractivity contribution in [3.05, 3.63) is 59.9 Å². The largest absolute Gasteiger partial charge is 0.361 e. The zero-order valence-electron chi connectivity index (χ0n) is 16.1. The highest BCUT2D eigenvalue weighted by Crippen LogP contribution is 2.31. The maximum atomic E-state index is 13.0. The van der Waals surface area contributed by atoms with Gasteiger partial charge >= 0.3 is 6.03 Å². The topological polar surface area (TPSA) is 84.2 Å². The lowest BCUT2D eigenvalue weighted by molar-refractivity contribution is 0.159. The number of carbonyl (C=O) groups excluding carboxylic acids is 1. The van der Waals surface area contributed by atoms with Crippen LogP contribution in [0, 0.1) is 13.8 Å². The number of amides is 2. The quantitative estimate of drug-likeness (QED) is 0.726. The third-order valence-electron chi connectivity index (χ3n) is 4.94. The molecule has 1 aliphatic heterocycles. The van der Waals surface area contributed by atoms with E-state index in [0.29, 0.717) is 12.4 Å². The van der Waals surface area contributed by atoms with Crippen LogP contribution in [0.3, 0.4) is 0 Å². The molecule has 4 rings (SSSR count). The van der Waals surface area contributed by atoms with E-state index in [1.807, 2.05) is 55.1 Å². The molecular weight excluding hydrogens is 354 g/mol. The number of rotatable bonds is 3. The molecule has 0 aliphatic carbocycles. The van der Waals surface area contributed by atoms with Crippen LogP contribution in [0.2, 0.25) is 0 Å². The number of piperidine rings is 1. The van der Waals surface area contributed by atoms with Crippen molar-refractivity contribution in [2.45, 2.75) is 39.2 Å². The molecule has 1 aromatic carbocycles. The number of anilines is 1. The zero-order chi connectivity index (χ0) is 19.5. The summed E-state index contributed by atoms with van der Waals surface area (Å²) < 4.78 is 5.22. The summed E-state index contributed by atoms with van der Waals surface area (Å²) in [5.74, 6) is 1.47. The maximum absolute atomic E-state index is 13.0. The van der Waals surface area contributed by atoms with E-state index in [1.54, 1.807) is 6.20 Å². The van der Waals surface area contributed by atoms with E-state index in [9.17, 15) is 4.79 Å². The Hall–Kier alpha value is -3.22. The predicted molar refractivity (Wildman–Crippen MR) is 106 cm³/mol. The molecule has 1 aliphatic rings. The van der Waals surface area contributed by atoms with Crippen LogP contribution < -0.4 is 5.32 Å². The lowest BCUT2D eigenvalue weighted by Crippen LogP contribution is -2.41. The maximum Gasteiger partial charge on any atom is 0.322 e. The molecule has 144 valence electrons. The van der Waals surface area contributed by atoms with Crippen LogP contribution in [-0.2, 0) is 0 Å². The van der Waals surface area contributed by atoms with Crippen LogP contribution in [0.15, 0.2) is 47.1 Å². The Morgan fingerprint density at radius 2 is 2.11 bits per heavy atom. The first kappa shape index (κ1) is 18.2. The highest BCUT2D eigenvalue weighted by molar-refractivity contribution is 5.90. The minimum absolute atomic E-state index is 0.0566. The molecule has 0 spiro atoms. The Morgan fingerprint density at radius 3 is 2.89 bits per heavy atom. The summed E-state index contributed by atoms with van der Waals surface area (Å²) in [6, 6.07) is 11.3. The summed E-state index contributed by atoms with van der Waals surface area (Å²) in [5, 5.41) is 7.16. The SMILES string of the molecule is Cc1nccc(-c2cccc(NC(=O)N3CCCCC3c3cc(C)on3)c2)n1. The Bertz CT molecular complexity index is 984. The van der Waals surface area contributed by atoms with E-state index in [2.05, 4.69) is 20.4 Å². The standard InChI is InChI=1S/C21H23N5O2/c1-14-12-19(25-28-14)20-8-3-4-11-26(20)21(27)24-17-7-5-6-16(13-17)18-9-10-22-15(2)23-18/h5-7,9-10,12-13,20H,3-4,8,11H2,1-2H3,(H,24,27). The first-order valence-corrected chi connectivity index (χ1v) is 9.51. The van der Waals surface area contributed by atoms with Gasteiger partial charge in [-0.3, -0.25) is 0 Å². The van der Waals surface area contributed by atoms with Crippen molar-refractivity contribution in [1.29, 1.82) is 0 Å². The van der Waals surface area contributed by atoms with E-state index in [-0.39, 0.29) is 12.1 Å². The molecule has 1 N–H and O–H groups in total. The van der Waals surface area contributed by atoms with Crippen molar-refractivity contribution in [1.82, 2.24) is 20.0 Å². The monoisotopic (exact) mass is 377 g/mol. The molecule has 0 saturated carbocycles. The molecule has 3 heterocycles. The average molecular weight is 377 g/mol. The second-order valence-electron chi connectivity index (χ2n) is 7.07. The van der Waals surface area contributed by atoms with Gasteiger partial charge in [0.05, 0.1) is 11.7 Å². The van der Waals surface area contributed by atoms with Crippen molar-refractivity contribution in [3.63, 3.8) is 0 Å². The molecular formula is C21H23N5O2. The van der Waals surface area contributed by atoms with Crippen molar-refractivity contribution in [2.24, 2.45) is 0 Å². The van der Waals surface area contributed by atoms with Crippen LogP contribution in [0.4, 0.5) is 10.5 Å². The van der Waals surface area contributed by atoms with Crippen molar-refractivity contribution in [3.8, 4) is 11.3 Å². The Labute approximate surface area is 163 Å². The Morgan fingerprint density at radius 1 is 1.21 bits per heavy atom. The summed E-state index contributed by atoms with van der Waals surface area (Å²) in [6.45, 7) is 4.43. The van der Waals surface area contributed by atoms with E-state index >= 15 is 0 Å². The zero-order valence-corrected chi connectivity index (χ0v) is 16.1. The minimum atomic E-state index is -0.124. The first-order valence-electron chi connectivity index (χ1n) is 9.51. The lowest BCUT2D eigenvalue weighted by atomic mass is 9.99. The first-order chi connectivity index (χ1) is 13.6. The number of urea groups is 1. The van der Waals surface area contributed by atoms with Crippen LogP contribution in [0.5, 0.6) is 0 Å². The number of benzene rings is 1. The third-order valence-corrected chi connectivity index (χ3v) is 4.94. The fraction of sp³-hybridized carbons (Fsp3) is 0.333. The third kappa shape index (κ3) is 3.88. The fourth-order valence-electron chi connectivity index (χ4n) is 3.59. The van der Waals surface area contributed by atoms with Gasteiger partial charge in [0.1, 0.15) is 17.3 Å². The van der Waals surface area contributed by atoms with Gasteiger partial charge in [-0.2, -0.15) is 0 Å². The van der Waals surface area contributed by atoms with Crippen LogP contribution in [0.25, 0.3) is 11.3 Å². The van der Waals surface area contributed by atoms with Gasteiger partial charge in [-0.1, -0.05) is 17.3 Å². The van der Waals surface area contributed by atoms with Gasteiger partial charge in [0.15, 0.2) is 0 Å². The predicted octanol–water partition coefficient (Wildman–Crippen LogP) is 4.51. The summed E-state index contributed by atoms with van der Waals surface area (Å²) in [6.07, 6.45) is 4.69. The van der Waals surface area contributed by atoms with E-state index < -0.39 is 0 Å². The van der Waals surface area contributed by atoms with E-state index in [4.69, 9.17) is 4.52 Å². The number of hydrogen-bond donors (Lipinski definition) is 1. The van der Waals surface area contributed by atoms with Crippen LogP contribution >= 0.6 is 0 Å². The van der Waals surface area contributed by atoms with Gasteiger partial charge in [0, 0.05) is 30.1 Å². The smallest absolute Gasteiger partial charge is 0.322 e. The number of likely N-dealkylation sites (tertiary alicyclic amines) is 1. The van der Waals surface area contributed by atoms with Crippen LogP contribution in [-0.4, -0.2) is 32.6 Å². The molecule has 1 fully saturated rings. The fourth-order valence-corrected chi connectivity index (χ4v) is 3.59. The number of nitrogens with zero attached hydrogens (tertiary/aromatic N) is 4. The average Bonchev–Trinajstić information content (AvgIpc) is 3.14. The molecule has 3 aromatic rings. The van der Waals surface area contributed by atoms with Crippen molar-refractivity contribution >= 4 is 11.7 Å². The molecule has 7 heteroatoms. The molecule has 1 atom stereocenters.